The molecule has 2 aromatic carbocycles. The molecule has 0 spiro atoms. The molecular weight excluding hydrogens is 246 g/mol. The van der Waals surface area contributed by atoms with Crippen LogP contribution in [0.15, 0.2) is 54.6 Å². The molecule has 2 nitrogen and oxygen atoms in total. The number of nitrogens with one attached hydrogen (secondary N) is 1. The first-order valence-electron chi connectivity index (χ1n) is 7.09. The van der Waals surface area contributed by atoms with Crippen molar-refractivity contribution in [1.82, 2.24) is 5.32 Å². The van der Waals surface area contributed by atoms with Gasteiger partial charge in [-0.3, -0.25) is 4.79 Å². The monoisotopic (exact) mass is 267 g/mol. The second kappa shape index (κ2) is 7.01. The Bertz CT molecular complexity index is 543. The summed E-state index contributed by atoms with van der Waals surface area (Å²) < 4.78 is 0. The predicted molar refractivity (Wildman–Crippen MR) is 84.0 cm³/mol. The van der Waals surface area contributed by atoms with Gasteiger partial charge in [-0.25, -0.2) is 0 Å². The second-order valence-electron chi connectivity index (χ2n) is 5.23. The zero-order valence-electron chi connectivity index (χ0n) is 12.1. The third kappa shape index (κ3) is 4.04. The Kier molecular flexibility index (Phi) is 5.08. The van der Waals surface area contributed by atoms with Gasteiger partial charge in [0.25, 0.3) is 0 Å². The van der Waals surface area contributed by atoms with E-state index in [1.165, 1.54) is 5.56 Å². The van der Waals surface area contributed by atoms with Gasteiger partial charge in [-0.05, 0) is 11.1 Å². The van der Waals surface area contributed by atoms with Crippen LogP contribution in [0.1, 0.15) is 30.6 Å². The number of hydrogen-bond donors (Lipinski definition) is 1. The molecule has 2 rings (SSSR count). The fraction of sp³-hybridized carbons (Fsp3) is 0.278. The summed E-state index contributed by atoms with van der Waals surface area (Å²) in [6.45, 7) is 4.90. The highest BCUT2D eigenvalue weighted by Gasteiger charge is 2.06. The van der Waals surface area contributed by atoms with Crippen molar-refractivity contribution in [2.24, 2.45) is 0 Å². The van der Waals surface area contributed by atoms with Crippen LogP contribution in [-0.4, -0.2) is 18.4 Å². The van der Waals surface area contributed by atoms with E-state index in [1.807, 2.05) is 42.5 Å². The minimum Gasteiger partial charge on any atom is -0.314 e. The first kappa shape index (κ1) is 14.5. The van der Waals surface area contributed by atoms with Crippen molar-refractivity contribution < 1.29 is 4.79 Å². The zero-order chi connectivity index (χ0) is 14.4. The molecule has 1 N–H and O–H groups in total. The van der Waals surface area contributed by atoms with Gasteiger partial charge in [-0.15, -0.1) is 0 Å². The molecule has 0 bridgehead atoms. The van der Waals surface area contributed by atoms with E-state index in [0.29, 0.717) is 12.5 Å². The summed E-state index contributed by atoms with van der Waals surface area (Å²) in [6.07, 6.45) is 0.545. The van der Waals surface area contributed by atoms with Crippen molar-refractivity contribution >= 4 is 5.78 Å². The summed E-state index contributed by atoms with van der Waals surface area (Å²) in [5.41, 5.74) is 3.10. The molecule has 0 heterocycles. The maximum Gasteiger partial charge on any atom is 0.164 e. The lowest BCUT2D eigenvalue weighted by atomic mass is 10.0. The molecule has 0 aromatic heterocycles. The molecular formula is C18H21NO. The molecule has 0 unspecified atom stereocenters. The molecule has 0 atom stereocenters. The minimum absolute atomic E-state index is 0.192. The SMILES string of the molecule is CC(C)NCCC(=O)c1ccc(-c2ccccc2)cc1. The Morgan fingerprint density at radius 3 is 2.15 bits per heavy atom. The van der Waals surface area contributed by atoms with Crippen LogP contribution in [0, 0.1) is 0 Å². The number of carbonyl (C=O) groups is 1. The van der Waals surface area contributed by atoms with Gasteiger partial charge in [0.15, 0.2) is 5.78 Å². The van der Waals surface area contributed by atoms with Crippen molar-refractivity contribution in [3.05, 3.63) is 60.2 Å². The van der Waals surface area contributed by atoms with E-state index >= 15 is 0 Å². The lowest BCUT2D eigenvalue weighted by molar-refractivity contribution is 0.0982. The van der Waals surface area contributed by atoms with E-state index in [9.17, 15) is 4.79 Å². The van der Waals surface area contributed by atoms with Gasteiger partial charge in [-0.2, -0.15) is 0 Å². The fourth-order valence-electron chi connectivity index (χ4n) is 2.10. The van der Waals surface area contributed by atoms with Crippen LogP contribution in [0.4, 0.5) is 0 Å². The Morgan fingerprint density at radius 2 is 1.55 bits per heavy atom. The molecule has 0 aliphatic heterocycles. The van der Waals surface area contributed by atoms with E-state index in [1.54, 1.807) is 0 Å². The predicted octanol–water partition coefficient (Wildman–Crippen LogP) is 3.92. The molecule has 0 saturated carbocycles. The standard InChI is InChI=1S/C18H21NO/c1-14(2)19-13-12-18(20)17-10-8-16(9-11-17)15-6-4-3-5-7-15/h3-11,14,19H,12-13H2,1-2H3. The summed E-state index contributed by atoms with van der Waals surface area (Å²) in [6, 6.07) is 18.5. The summed E-state index contributed by atoms with van der Waals surface area (Å²) in [5.74, 6) is 0.192. The van der Waals surface area contributed by atoms with Gasteiger partial charge in [0.2, 0.25) is 0 Å². The van der Waals surface area contributed by atoms with Crippen molar-refractivity contribution in [2.75, 3.05) is 6.54 Å². The van der Waals surface area contributed by atoms with Crippen LogP contribution >= 0.6 is 0 Å². The molecule has 0 amide bonds. The molecule has 0 saturated heterocycles. The van der Waals surface area contributed by atoms with E-state index in [0.717, 1.165) is 17.7 Å². The van der Waals surface area contributed by atoms with Gasteiger partial charge in [0.05, 0.1) is 0 Å². The maximum absolute atomic E-state index is 12.0. The van der Waals surface area contributed by atoms with Crippen LogP contribution in [0.25, 0.3) is 11.1 Å². The lowest BCUT2D eigenvalue weighted by Crippen LogP contribution is -2.25. The Morgan fingerprint density at radius 1 is 0.950 bits per heavy atom. The van der Waals surface area contributed by atoms with Gasteiger partial charge in [-0.1, -0.05) is 68.4 Å². The van der Waals surface area contributed by atoms with Crippen molar-refractivity contribution in [2.45, 2.75) is 26.3 Å². The molecule has 20 heavy (non-hydrogen) atoms. The van der Waals surface area contributed by atoms with Crippen LogP contribution in [0.3, 0.4) is 0 Å². The number of carbonyl (C=O) groups excluding carboxylic acids is 1. The fourth-order valence-corrected chi connectivity index (χ4v) is 2.10. The second-order valence-corrected chi connectivity index (χ2v) is 5.23. The van der Waals surface area contributed by atoms with Gasteiger partial charge < -0.3 is 5.32 Å². The third-order valence-corrected chi connectivity index (χ3v) is 3.22. The number of Topliss-reactive ketones (excluding diaryl/α,β-unsaturated/α-hetero) is 1. The van der Waals surface area contributed by atoms with Crippen molar-refractivity contribution in [1.29, 1.82) is 0 Å². The highest BCUT2D eigenvalue weighted by Crippen LogP contribution is 2.19. The Balaban J connectivity index is 1.99. The smallest absolute Gasteiger partial charge is 0.164 e. The zero-order valence-corrected chi connectivity index (χ0v) is 12.1. The Hall–Kier alpha value is -1.93. The van der Waals surface area contributed by atoms with Crippen LogP contribution in [-0.2, 0) is 0 Å². The van der Waals surface area contributed by atoms with Crippen LogP contribution in [0.2, 0.25) is 0 Å². The lowest BCUT2D eigenvalue weighted by Gasteiger charge is -2.07. The minimum atomic E-state index is 0.192. The van der Waals surface area contributed by atoms with Crippen molar-refractivity contribution in [3.8, 4) is 11.1 Å². The maximum atomic E-state index is 12.0. The van der Waals surface area contributed by atoms with E-state index in [4.69, 9.17) is 0 Å². The molecule has 2 heteroatoms. The number of ketones is 1. The van der Waals surface area contributed by atoms with E-state index < -0.39 is 0 Å². The summed E-state index contributed by atoms with van der Waals surface area (Å²) in [4.78, 5) is 12.0. The summed E-state index contributed by atoms with van der Waals surface area (Å²) in [7, 11) is 0. The molecule has 0 aliphatic rings. The third-order valence-electron chi connectivity index (χ3n) is 3.22. The molecule has 0 fully saturated rings. The first-order valence-corrected chi connectivity index (χ1v) is 7.09. The number of benzene rings is 2. The van der Waals surface area contributed by atoms with Gasteiger partial charge >= 0.3 is 0 Å². The molecule has 0 radical (unpaired) electrons. The van der Waals surface area contributed by atoms with E-state index in [2.05, 4.69) is 31.3 Å². The Labute approximate surface area is 120 Å². The largest absolute Gasteiger partial charge is 0.314 e. The summed E-state index contributed by atoms with van der Waals surface area (Å²) >= 11 is 0. The van der Waals surface area contributed by atoms with Crippen LogP contribution < -0.4 is 5.32 Å². The number of rotatable bonds is 6. The molecule has 2 aromatic rings. The van der Waals surface area contributed by atoms with Crippen LogP contribution in [0.5, 0.6) is 0 Å². The normalized spacial score (nSPS) is 10.8. The quantitative estimate of drug-likeness (QED) is 0.804. The molecule has 104 valence electrons. The van der Waals surface area contributed by atoms with Gasteiger partial charge in [0, 0.05) is 24.6 Å². The van der Waals surface area contributed by atoms with Crippen molar-refractivity contribution in [3.63, 3.8) is 0 Å². The van der Waals surface area contributed by atoms with E-state index in [-0.39, 0.29) is 5.78 Å². The number of hydrogen-bond acceptors (Lipinski definition) is 2. The average Bonchev–Trinajstić information content (AvgIpc) is 2.48. The highest BCUT2D eigenvalue weighted by atomic mass is 16.1. The average molecular weight is 267 g/mol. The van der Waals surface area contributed by atoms with Gasteiger partial charge in [0.1, 0.15) is 0 Å². The topological polar surface area (TPSA) is 29.1 Å². The summed E-state index contributed by atoms with van der Waals surface area (Å²) in [5, 5.41) is 3.26. The highest BCUT2D eigenvalue weighted by molar-refractivity contribution is 5.96. The molecule has 0 aliphatic carbocycles. The first-order chi connectivity index (χ1) is 9.66.